The van der Waals surface area contributed by atoms with Crippen molar-refractivity contribution in [1.29, 1.82) is 0 Å². The van der Waals surface area contributed by atoms with Crippen LogP contribution in [0, 0.1) is 0 Å². The van der Waals surface area contributed by atoms with E-state index in [2.05, 4.69) is 34.4 Å². The van der Waals surface area contributed by atoms with Gasteiger partial charge >= 0.3 is 0 Å². The molecule has 1 saturated heterocycles. The lowest BCUT2D eigenvalue weighted by Crippen LogP contribution is -2.40. The monoisotopic (exact) mass is 398 g/mol. The van der Waals surface area contributed by atoms with Crippen LogP contribution in [0.3, 0.4) is 0 Å². The topological polar surface area (TPSA) is 59.9 Å². The van der Waals surface area contributed by atoms with Gasteiger partial charge in [-0.25, -0.2) is 0 Å². The fourth-order valence-electron chi connectivity index (χ4n) is 2.22. The predicted octanol–water partition coefficient (Wildman–Crippen LogP) is 1.42. The van der Waals surface area contributed by atoms with Crippen molar-refractivity contribution in [2.24, 2.45) is 4.99 Å². The minimum Gasteiger partial charge on any atom is -0.393 e. The number of aliphatic imine (C=N–C) groups is 1. The largest absolute Gasteiger partial charge is 0.393 e. The van der Waals surface area contributed by atoms with Crippen LogP contribution in [0.2, 0.25) is 0 Å². The highest BCUT2D eigenvalue weighted by atomic mass is 127. The summed E-state index contributed by atoms with van der Waals surface area (Å²) >= 11 is 0. The summed E-state index contributed by atoms with van der Waals surface area (Å²) < 4.78 is 0. The van der Waals surface area contributed by atoms with Crippen LogP contribution in [-0.4, -0.2) is 61.3 Å². The van der Waals surface area contributed by atoms with Crippen molar-refractivity contribution in [2.75, 3.05) is 39.3 Å². The van der Waals surface area contributed by atoms with Gasteiger partial charge in [0, 0.05) is 32.7 Å². The Kier molecular flexibility index (Phi) is 12.6. The zero-order valence-electron chi connectivity index (χ0n) is 12.9. The first-order valence-electron chi connectivity index (χ1n) is 7.68. The maximum Gasteiger partial charge on any atom is 0.191 e. The Morgan fingerprint density at radius 3 is 2.55 bits per heavy atom. The number of aliphatic hydroxyl groups is 1. The summed E-state index contributed by atoms with van der Waals surface area (Å²) in [5.74, 6) is 0.929. The quantitative estimate of drug-likeness (QED) is 0.263. The second-order valence-corrected chi connectivity index (χ2v) is 5.11. The first kappa shape index (κ1) is 19.9. The molecule has 1 rings (SSSR count). The van der Waals surface area contributed by atoms with E-state index in [-0.39, 0.29) is 30.1 Å². The van der Waals surface area contributed by atoms with Gasteiger partial charge in [0.05, 0.1) is 6.10 Å². The molecular formula is C14H31IN4O. The molecule has 0 radical (unpaired) electrons. The molecule has 1 aliphatic heterocycles. The van der Waals surface area contributed by atoms with Crippen LogP contribution in [-0.2, 0) is 0 Å². The van der Waals surface area contributed by atoms with E-state index < -0.39 is 0 Å². The molecule has 1 fully saturated rings. The van der Waals surface area contributed by atoms with Crippen LogP contribution >= 0.6 is 24.0 Å². The summed E-state index contributed by atoms with van der Waals surface area (Å²) in [7, 11) is 0. The third kappa shape index (κ3) is 8.97. The smallest absolute Gasteiger partial charge is 0.191 e. The summed E-state index contributed by atoms with van der Waals surface area (Å²) in [6.07, 6.45) is 3.97. The summed E-state index contributed by atoms with van der Waals surface area (Å²) in [6.45, 7) is 10.1. The van der Waals surface area contributed by atoms with E-state index in [1.54, 1.807) is 0 Å². The molecule has 0 spiro atoms. The van der Waals surface area contributed by atoms with E-state index in [4.69, 9.17) is 0 Å². The lowest BCUT2D eigenvalue weighted by Gasteiger charge is -2.29. The SMILES string of the molecule is CCCN=C(NCC)NCCCN1CCC(O)CC1.I. The van der Waals surface area contributed by atoms with Gasteiger partial charge in [-0.05, 0) is 39.2 Å². The number of hydrogen-bond donors (Lipinski definition) is 3. The Labute approximate surface area is 140 Å². The molecule has 1 heterocycles. The van der Waals surface area contributed by atoms with Crippen molar-refractivity contribution in [2.45, 2.75) is 45.6 Å². The van der Waals surface area contributed by atoms with Gasteiger partial charge in [0.25, 0.3) is 0 Å². The van der Waals surface area contributed by atoms with Gasteiger partial charge in [-0.2, -0.15) is 0 Å². The molecule has 20 heavy (non-hydrogen) atoms. The fraction of sp³-hybridized carbons (Fsp3) is 0.929. The number of piperidine rings is 1. The Balaban J connectivity index is 0.00000361. The summed E-state index contributed by atoms with van der Waals surface area (Å²) in [5, 5.41) is 16.1. The number of nitrogens with zero attached hydrogens (tertiary/aromatic N) is 2. The van der Waals surface area contributed by atoms with Gasteiger partial charge in [-0.3, -0.25) is 4.99 Å². The molecule has 0 bridgehead atoms. The first-order valence-corrected chi connectivity index (χ1v) is 7.68. The molecule has 0 unspecified atom stereocenters. The molecule has 0 atom stereocenters. The molecule has 0 aromatic rings. The minimum atomic E-state index is -0.0732. The molecule has 0 aliphatic carbocycles. The van der Waals surface area contributed by atoms with E-state index in [9.17, 15) is 5.11 Å². The summed E-state index contributed by atoms with van der Waals surface area (Å²) in [4.78, 5) is 6.91. The molecule has 5 nitrogen and oxygen atoms in total. The standard InChI is InChI=1S/C14H30N4O.HI/c1-3-8-16-14(15-4-2)17-9-5-10-18-11-6-13(19)7-12-18;/h13,19H,3-12H2,1-2H3,(H2,15,16,17);1H. The maximum atomic E-state index is 9.45. The highest BCUT2D eigenvalue weighted by Gasteiger charge is 2.15. The number of aliphatic hydroxyl groups excluding tert-OH is 1. The van der Waals surface area contributed by atoms with Gasteiger partial charge in [-0.15, -0.1) is 24.0 Å². The van der Waals surface area contributed by atoms with Crippen LogP contribution in [0.25, 0.3) is 0 Å². The van der Waals surface area contributed by atoms with E-state index in [1.807, 2.05) is 0 Å². The zero-order chi connectivity index (χ0) is 13.9. The number of guanidine groups is 1. The third-order valence-corrected chi connectivity index (χ3v) is 3.34. The van der Waals surface area contributed by atoms with Crippen molar-refractivity contribution in [3.63, 3.8) is 0 Å². The van der Waals surface area contributed by atoms with E-state index in [1.165, 1.54) is 0 Å². The molecule has 0 aromatic heterocycles. The number of halogens is 1. The van der Waals surface area contributed by atoms with Crippen LogP contribution in [0.1, 0.15) is 39.5 Å². The maximum absolute atomic E-state index is 9.45. The molecule has 3 N–H and O–H groups in total. The number of likely N-dealkylation sites (tertiary alicyclic amines) is 1. The number of hydrogen-bond acceptors (Lipinski definition) is 3. The first-order chi connectivity index (χ1) is 9.26. The normalized spacial score (nSPS) is 17.6. The lowest BCUT2D eigenvalue weighted by atomic mass is 10.1. The Morgan fingerprint density at radius 2 is 1.95 bits per heavy atom. The van der Waals surface area contributed by atoms with Crippen LogP contribution < -0.4 is 10.6 Å². The van der Waals surface area contributed by atoms with E-state index in [0.717, 1.165) is 70.9 Å². The predicted molar refractivity (Wildman–Crippen MR) is 96.0 cm³/mol. The van der Waals surface area contributed by atoms with E-state index >= 15 is 0 Å². The zero-order valence-corrected chi connectivity index (χ0v) is 15.2. The fourth-order valence-corrected chi connectivity index (χ4v) is 2.22. The van der Waals surface area contributed by atoms with Crippen molar-refractivity contribution < 1.29 is 5.11 Å². The molecule has 0 amide bonds. The van der Waals surface area contributed by atoms with Crippen molar-refractivity contribution in [3.8, 4) is 0 Å². The third-order valence-electron chi connectivity index (χ3n) is 3.34. The molecule has 6 heteroatoms. The van der Waals surface area contributed by atoms with Gasteiger partial charge in [-0.1, -0.05) is 6.92 Å². The Morgan fingerprint density at radius 1 is 1.25 bits per heavy atom. The number of rotatable bonds is 7. The second kappa shape index (κ2) is 12.6. The van der Waals surface area contributed by atoms with Crippen molar-refractivity contribution in [1.82, 2.24) is 15.5 Å². The molecule has 1 aliphatic rings. The Hall–Kier alpha value is -0.0800. The summed E-state index contributed by atoms with van der Waals surface area (Å²) in [6, 6.07) is 0. The van der Waals surface area contributed by atoms with Crippen LogP contribution in [0.15, 0.2) is 4.99 Å². The summed E-state index contributed by atoms with van der Waals surface area (Å²) in [5.41, 5.74) is 0. The minimum absolute atomic E-state index is 0. The molecular weight excluding hydrogens is 367 g/mol. The second-order valence-electron chi connectivity index (χ2n) is 5.11. The number of nitrogens with one attached hydrogen (secondary N) is 2. The van der Waals surface area contributed by atoms with Gasteiger partial charge in [0.2, 0.25) is 0 Å². The average molecular weight is 398 g/mol. The van der Waals surface area contributed by atoms with Crippen molar-refractivity contribution in [3.05, 3.63) is 0 Å². The van der Waals surface area contributed by atoms with Crippen molar-refractivity contribution >= 4 is 29.9 Å². The molecule has 0 saturated carbocycles. The van der Waals surface area contributed by atoms with Gasteiger partial charge in [0.1, 0.15) is 0 Å². The average Bonchev–Trinajstić information content (AvgIpc) is 2.42. The highest BCUT2D eigenvalue weighted by molar-refractivity contribution is 14.0. The Bertz CT molecular complexity index is 256. The lowest BCUT2D eigenvalue weighted by molar-refractivity contribution is 0.0823. The highest BCUT2D eigenvalue weighted by Crippen LogP contribution is 2.09. The molecule has 120 valence electrons. The van der Waals surface area contributed by atoms with Gasteiger partial charge in [0.15, 0.2) is 5.96 Å². The van der Waals surface area contributed by atoms with Crippen LogP contribution in [0.5, 0.6) is 0 Å². The van der Waals surface area contributed by atoms with Crippen LogP contribution in [0.4, 0.5) is 0 Å². The molecule has 0 aromatic carbocycles. The van der Waals surface area contributed by atoms with E-state index in [0.29, 0.717) is 0 Å². The van der Waals surface area contributed by atoms with Gasteiger partial charge < -0.3 is 20.6 Å².